The molecule has 0 saturated carbocycles. The van der Waals surface area contributed by atoms with Crippen LogP contribution in [0.5, 0.6) is 0 Å². The van der Waals surface area contributed by atoms with Crippen molar-refractivity contribution in [3.63, 3.8) is 0 Å². The molecule has 0 fully saturated rings. The van der Waals surface area contributed by atoms with Gasteiger partial charge in [0, 0.05) is 0 Å². The van der Waals surface area contributed by atoms with Crippen molar-refractivity contribution in [3.8, 4) is 0 Å². The Kier molecular flexibility index (Phi) is 6.55. The number of aryl methyl sites for hydroxylation is 1. The van der Waals surface area contributed by atoms with Crippen LogP contribution in [-0.2, 0) is 16.0 Å². The molecule has 0 aliphatic rings. The van der Waals surface area contributed by atoms with Crippen LogP contribution in [0.25, 0.3) is 0 Å². The monoisotopic (exact) mass is 345 g/mol. The quantitative estimate of drug-likeness (QED) is 0.772. The van der Waals surface area contributed by atoms with Gasteiger partial charge in [0.25, 0.3) is 5.91 Å². The third-order valence-corrected chi connectivity index (χ3v) is 4.64. The average molecular weight is 345 g/mol. The lowest BCUT2D eigenvalue weighted by Gasteiger charge is -2.23. The van der Waals surface area contributed by atoms with Crippen molar-refractivity contribution >= 4 is 23.2 Å². The van der Waals surface area contributed by atoms with Crippen molar-refractivity contribution < 1.29 is 14.3 Å². The number of thiophene rings is 1. The summed E-state index contributed by atoms with van der Waals surface area (Å²) < 4.78 is 5.06. The fourth-order valence-corrected chi connectivity index (χ4v) is 3.02. The van der Waals surface area contributed by atoms with E-state index in [-0.39, 0.29) is 24.5 Å². The molecule has 0 bridgehead atoms. The Morgan fingerprint density at radius 1 is 1.17 bits per heavy atom. The molecular formula is C19H23NO3S. The van der Waals surface area contributed by atoms with Crippen LogP contribution in [0, 0.1) is 5.92 Å². The number of esters is 1. The van der Waals surface area contributed by atoms with Gasteiger partial charge in [-0.05, 0) is 34.9 Å². The number of nitrogens with one attached hydrogen (secondary N) is 1. The Bertz CT molecular complexity index is 662. The smallest absolute Gasteiger partial charge is 0.348 e. The van der Waals surface area contributed by atoms with Gasteiger partial charge in [-0.25, -0.2) is 4.79 Å². The number of benzene rings is 1. The first-order valence-corrected chi connectivity index (χ1v) is 8.98. The van der Waals surface area contributed by atoms with E-state index in [1.165, 1.54) is 16.9 Å². The number of amides is 1. The van der Waals surface area contributed by atoms with Crippen molar-refractivity contribution in [1.29, 1.82) is 0 Å². The number of rotatable bonds is 7. The Labute approximate surface area is 146 Å². The summed E-state index contributed by atoms with van der Waals surface area (Å²) in [6, 6.07) is 11.6. The van der Waals surface area contributed by atoms with E-state index in [4.69, 9.17) is 4.74 Å². The summed E-state index contributed by atoms with van der Waals surface area (Å²) >= 11 is 1.30. The minimum Gasteiger partial charge on any atom is -0.451 e. The molecule has 0 radical (unpaired) electrons. The first-order chi connectivity index (χ1) is 11.5. The van der Waals surface area contributed by atoms with Crippen LogP contribution in [0.3, 0.4) is 0 Å². The summed E-state index contributed by atoms with van der Waals surface area (Å²) in [5.74, 6) is -0.527. The summed E-state index contributed by atoms with van der Waals surface area (Å²) in [4.78, 5) is 24.4. The summed E-state index contributed by atoms with van der Waals surface area (Å²) in [5.41, 5.74) is 2.32. The minimum atomic E-state index is -0.464. The first-order valence-electron chi connectivity index (χ1n) is 8.10. The second-order valence-electron chi connectivity index (χ2n) is 5.94. The van der Waals surface area contributed by atoms with Crippen LogP contribution in [0.2, 0.25) is 0 Å². The molecule has 1 amide bonds. The standard InChI is InChI=1S/C19H23NO3S/c1-4-14-7-9-15(10-8-14)18(13(2)3)20-17(21)12-23-19(22)16-6-5-11-24-16/h5-11,13,18H,4,12H2,1-3H3,(H,20,21)/t18-/m1/s1. The Morgan fingerprint density at radius 3 is 2.42 bits per heavy atom. The van der Waals surface area contributed by atoms with E-state index in [1.54, 1.807) is 17.5 Å². The van der Waals surface area contributed by atoms with Crippen molar-refractivity contribution in [2.45, 2.75) is 33.2 Å². The Balaban J connectivity index is 1.94. The maximum absolute atomic E-state index is 12.1. The molecule has 0 aliphatic carbocycles. The highest BCUT2D eigenvalue weighted by molar-refractivity contribution is 7.11. The molecule has 0 unspecified atom stereocenters. The Hall–Kier alpha value is -2.14. The number of ether oxygens (including phenoxy) is 1. The average Bonchev–Trinajstić information content (AvgIpc) is 3.12. The van der Waals surface area contributed by atoms with Crippen LogP contribution < -0.4 is 5.32 Å². The van der Waals surface area contributed by atoms with Crippen LogP contribution in [0.15, 0.2) is 41.8 Å². The van der Waals surface area contributed by atoms with E-state index in [0.717, 1.165) is 12.0 Å². The summed E-state index contributed by atoms with van der Waals surface area (Å²) in [5, 5.41) is 4.76. The maximum Gasteiger partial charge on any atom is 0.348 e. The van der Waals surface area contributed by atoms with Gasteiger partial charge in [-0.1, -0.05) is 51.1 Å². The molecule has 0 saturated heterocycles. The van der Waals surface area contributed by atoms with Gasteiger partial charge in [0.05, 0.1) is 6.04 Å². The first kappa shape index (κ1) is 18.2. The number of hydrogen-bond donors (Lipinski definition) is 1. The van der Waals surface area contributed by atoms with E-state index in [9.17, 15) is 9.59 Å². The van der Waals surface area contributed by atoms with Crippen molar-refractivity contribution in [2.75, 3.05) is 6.61 Å². The molecule has 24 heavy (non-hydrogen) atoms. The SMILES string of the molecule is CCc1ccc([C@H](NC(=O)COC(=O)c2cccs2)C(C)C)cc1. The van der Waals surface area contributed by atoms with Crippen LogP contribution in [0.1, 0.15) is 47.6 Å². The third kappa shape index (κ3) is 4.93. The van der Waals surface area contributed by atoms with E-state index in [0.29, 0.717) is 4.88 Å². The predicted molar refractivity (Wildman–Crippen MR) is 96.1 cm³/mol. The van der Waals surface area contributed by atoms with Crippen LogP contribution in [-0.4, -0.2) is 18.5 Å². The molecule has 0 aliphatic heterocycles. The van der Waals surface area contributed by atoms with Gasteiger partial charge in [-0.15, -0.1) is 11.3 Å². The largest absolute Gasteiger partial charge is 0.451 e. The van der Waals surface area contributed by atoms with Gasteiger partial charge < -0.3 is 10.1 Å². The van der Waals surface area contributed by atoms with Crippen molar-refractivity contribution in [2.24, 2.45) is 5.92 Å². The zero-order valence-corrected chi connectivity index (χ0v) is 15.1. The molecule has 0 spiro atoms. The highest BCUT2D eigenvalue weighted by Crippen LogP contribution is 2.22. The van der Waals surface area contributed by atoms with Crippen molar-refractivity contribution in [1.82, 2.24) is 5.32 Å². The molecule has 1 aromatic heterocycles. The lowest BCUT2D eigenvalue weighted by Crippen LogP contribution is -2.34. The predicted octanol–water partition coefficient (Wildman–Crippen LogP) is 3.98. The molecule has 2 aromatic rings. The van der Waals surface area contributed by atoms with Gasteiger partial charge in [0.2, 0.25) is 0 Å². The van der Waals surface area contributed by atoms with E-state index in [1.807, 2.05) is 12.1 Å². The highest BCUT2D eigenvalue weighted by Gasteiger charge is 2.19. The number of carbonyl (C=O) groups excluding carboxylic acids is 2. The van der Waals surface area contributed by atoms with Gasteiger partial charge >= 0.3 is 5.97 Å². The van der Waals surface area contributed by atoms with Crippen LogP contribution >= 0.6 is 11.3 Å². The second kappa shape index (κ2) is 8.64. The van der Waals surface area contributed by atoms with Gasteiger partial charge in [0.15, 0.2) is 6.61 Å². The lowest BCUT2D eigenvalue weighted by molar-refractivity contribution is -0.125. The Morgan fingerprint density at radius 2 is 1.88 bits per heavy atom. The zero-order chi connectivity index (χ0) is 17.5. The fraction of sp³-hybridized carbons (Fsp3) is 0.368. The van der Waals surface area contributed by atoms with Crippen molar-refractivity contribution in [3.05, 3.63) is 57.8 Å². The van der Waals surface area contributed by atoms with E-state index < -0.39 is 5.97 Å². The van der Waals surface area contributed by atoms with Crippen LogP contribution in [0.4, 0.5) is 0 Å². The second-order valence-corrected chi connectivity index (χ2v) is 6.89. The minimum absolute atomic E-state index is 0.108. The van der Waals surface area contributed by atoms with Gasteiger partial charge in [-0.2, -0.15) is 0 Å². The molecule has 1 atom stereocenters. The molecule has 2 rings (SSSR count). The van der Waals surface area contributed by atoms with Gasteiger partial charge in [-0.3, -0.25) is 4.79 Å². The van der Waals surface area contributed by atoms with E-state index in [2.05, 4.69) is 38.2 Å². The summed E-state index contributed by atoms with van der Waals surface area (Å²) in [7, 11) is 0. The fourth-order valence-electron chi connectivity index (χ4n) is 2.41. The normalized spacial score (nSPS) is 12.0. The van der Waals surface area contributed by atoms with Gasteiger partial charge in [0.1, 0.15) is 4.88 Å². The number of hydrogen-bond acceptors (Lipinski definition) is 4. The third-order valence-electron chi connectivity index (χ3n) is 3.79. The topological polar surface area (TPSA) is 55.4 Å². The lowest BCUT2D eigenvalue weighted by atomic mass is 9.95. The maximum atomic E-state index is 12.1. The molecule has 1 N–H and O–H groups in total. The van der Waals surface area contributed by atoms with E-state index >= 15 is 0 Å². The molecule has 5 heteroatoms. The highest BCUT2D eigenvalue weighted by atomic mass is 32.1. The molecule has 1 heterocycles. The number of carbonyl (C=O) groups is 2. The molecular weight excluding hydrogens is 322 g/mol. The zero-order valence-electron chi connectivity index (χ0n) is 14.2. The summed E-state index contributed by atoms with van der Waals surface area (Å²) in [6.07, 6.45) is 0.984. The summed E-state index contributed by atoms with van der Waals surface area (Å²) in [6.45, 7) is 5.94. The molecule has 128 valence electrons. The molecule has 1 aromatic carbocycles. The molecule has 4 nitrogen and oxygen atoms in total.